The zero-order valence-electron chi connectivity index (χ0n) is 24.4. The lowest BCUT2D eigenvalue weighted by Crippen LogP contribution is -2.57. The first kappa shape index (κ1) is 28.4. The second kappa shape index (κ2) is 11.2. The Bertz CT molecular complexity index is 1650. The second-order valence-corrected chi connectivity index (χ2v) is 12.4. The third-order valence-corrected chi connectivity index (χ3v) is 8.19. The van der Waals surface area contributed by atoms with Crippen LogP contribution in [0.1, 0.15) is 33.6 Å². The number of hydrogen-bond donors (Lipinski definition) is 0. The number of carbonyl (C=O) groups is 1. The summed E-state index contributed by atoms with van der Waals surface area (Å²) in [5, 5.41) is 2.75. The monoisotopic (exact) mass is 591 g/mol. The van der Waals surface area contributed by atoms with Gasteiger partial charge in [0, 0.05) is 32.0 Å². The Morgan fingerprint density at radius 1 is 1.10 bits per heavy atom. The fourth-order valence-electron chi connectivity index (χ4n) is 5.92. The molecular weight excluding hydrogens is 557 g/mol. The van der Waals surface area contributed by atoms with Crippen molar-refractivity contribution in [2.24, 2.45) is 0 Å². The third-order valence-electron chi connectivity index (χ3n) is 7.65. The number of ether oxygens (including phenoxy) is 3. The molecule has 2 atom stereocenters. The molecule has 220 valence electrons. The van der Waals surface area contributed by atoms with Gasteiger partial charge in [-0.1, -0.05) is 36.0 Å². The van der Waals surface area contributed by atoms with Gasteiger partial charge in [-0.3, -0.25) is 9.88 Å². The van der Waals surface area contributed by atoms with Crippen molar-refractivity contribution in [2.75, 3.05) is 38.1 Å². The summed E-state index contributed by atoms with van der Waals surface area (Å²) in [5.74, 6) is 0.666. The number of methoxy groups -OCH3 is 1. The molecule has 4 heterocycles. The minimum Gasteiger partial charge on any atom is -0.468 e. The highest BCUT2D eigenvalue weighted by Crippen LogP contribution is 2.39. The normalized spacial score (nSPS) is 18.6. The van der Waals surface area contributed by atoms with Gasteiger partial charge >= 0.3 is 6.09 Å². The van der Waals surface area contributed by atoms with Crippen LogP contribution >= 0.6 is 11.8 Å². The lowest BCUT2D eigenvalue weighted by atomic mass is 10.00. The van der Waals surface area contributed by atoms with Gasteiger partial charge in [-0.25, -0.2) is 19.2 Å². The van der Waals surface area contributed by atoms with Crippen LogP contribution in [0.4, 0.5) is 15.0 Å². The van der Waals surface area contributed by atoms with E-state index >= 15 is 4.39 Å². The SMILES string of the molecule is COCOc1cc(-c2ncc3c(N4CC5CCC(C4)N5C(=O)OC(C)(C)C)nc(SC)nc3c2F)c2ccccc2c1. The Morgan fingerprint density at radius 2 is 1.83 bits per heavy atom. The molecule has 2 fully saturated rings. The maximum absolute atomic E-state index is 16.5. The smallest absolute Gasteiger partial charge is 0.410 e. The van der Waals surface area contributed by atoms with E-state index in [1.165, 1.54) is 11.8 Å². The second-order valence-electron chi connectivity index (χ2n) is 11.6. The highest BCUT2D eigenvalue weighted by Gasteiger charge is 2.45. The molecular formula is C31H34FN5O4S. The highest BCUT2D eigenvalue weighted by molar-refractivity contribution is 7.98. The van der Waals surface area contributed by atoms with E-state index in [4.69, 9.17) is 19.2 Å². The van der Waals surface area contributed by atoms with Crippen LogP contribution in [-0.4, -0.2) is 76.9 Å². The zero-order valence-corrected chi connectivity index (χ0v) is 25.2. The van der Waals surface area contributed by atoms with Gasteiger partial charge in [0.2, 0.25) is 0 Å². The molecule has 0 spiro atoms. The maximum Gasteiger partial charge on any atom is 0.410 e. The summed E-state index contributed by atoms with van der Waals surface area (Å²) in [6.45, 7) is 6.85. The van der Waals surface area contributed by atoms with Crippen molar-refractivity contribution in [3.8, 4) is 17.0 Å². The first-order chi connectivity index (χ1) is 20.2. The molecule has 2 aromatic heterocycles. The molecule has 0 radical (unpaired) electrons. The number of piperazine rings is 1. The number of amides is 1. The largest absolute Gasteiger partial charge is 0.468 e. The molecule has 1 amide bonds. The molecule has 0 N–H and O–H groups in total. The van der Waals surface area contributed by atoms with Crippen LogP contribution in [0, 0.1) is 5.82 Å². The van der Waals surface area contributed by atoms with E-state index in [0.717, 1.165) is 23.6 Å². The van der Waals surface area contributed by atoms with E-state index in [-0.39, 0.29) is 36.2 Å². The third kappa shape index (κ3) is 5.31. The molecule has 0 saturated carbocycles. The van der Waals surface area contributed by atoms with E-state index in [9.17, 15) is 4.79 Å². The number of carbonyl (C=O) groups excluding carboxylic acids is 1. The number of halogens is 1. The van der Waals surface area contributed by atoms with Gasteiger partial charge in [-0.05, 0) is 62.8 Å². The highest BCUT2D eigenvalue weighted by atomic mass is 32.2. The summed E-state index contributed by atoms with van der Waals surface area (Å²) < 4.78 is 33.0. The lowest BCUT2D eigenvalue weighted by Gasteiger charge is -2.42. The number of aromatic nitrogens is 3. The van der Waals surface area contributed by atoms with Crippen molar-refractivity contribution in [1.82, 2.24) is 19.9 Å². The Morgan fingerprint density at radius 3 is 2.52 bits per heavy atom. The Labute approximate surface area is 248 Å². The fraction of sp³-hybridized carbons (Fsp3) is 0.419. The Kier molecular flexibility index (Phi) is 7.57. The molecule has 6 rings (SSSR count). The molecule has 2 bridgehead atoms. The quantitative estimate of drug-likeness (QED) is 0.146. The van der Waals surface area contributed by atoms with Crippen LogP contribution in [0.25, 0.3) is 32.9 Å². The first-order valence-corrected chi connectivity index (χ1v) is 15.2. The Hall–Kier alpha value is -3.70. The van der Waals surface area contributed by atoms with Crippen LogP contribution in [-0.2, 0) is 9.47 Å². The summed E-state index contributed by atoms with van der Waals surface area (Å²) in [4.78, 5) is 31.1. The number of benzene rings is 2. The molecule has 9 nitrogen and oxygen atoms in total. The summed E-state index contributed by atoms with van der Waals surface area (Å²) >= 11 is 1.36. The molecule has 42 heavy (non-hydrogen) atoms. The molecule has 4 aromatic rings. The molecule has 11 heteroatoms. The molecule has 2 unspecified atom stereocenters. The predicted molar refractivity (Wildman–Crippen MR) is 162 cm³/mol. The molecule has 2 aliphatic heterocycles. The van der Waals surface area contributed by atoms with Gasteiger partial charge in [0.15, 0.2) is 17.8 Å². The van der Waals surface area contributed by atoms with Gasteiger partial charge in [0.1, 0.15) is 28.4 Å². The van der Waals surface area contributed by atoms with Crippen molar-refractivity contribution in [1.29, 1.82) is 0 Å². The summed E-state index contributed by atoms with van der Waals surface area (Å²) in [5.41, 5.74) is 0.441. The molecule has 2 saturated heterocycles. The average molecular weight is 592 g/mol. The van der Waals surface area contributed by atoms with E-state index in [2.05, 4.69) is 14.9 Å². The lowest BCUT2D eigenvalue weighted by molar-refractivity contribution is 0.0123. The van der Waals surface area contributed by atoms with Crippen molar-refractivity contribution in [2.45, 2.75) is 56.5 Å². The predicted octanol–water partition coefficient (Wildman–Crippen LogP) is 6.28. The average Bonchev–Trinajstić information content (AvgIpc) is 3.24. The number of fused-ring (bicyclic) bond motifs is 4. The number of pyridine rings is 1. The summed E-state index contributed by atoms with van der Waals surface area (Å²) in [6, 6.07) is 11.4. The van der Waals surface area contributed by atoms with Crippen LogP contribution in [0.3, 0.4) is 0 Å². The molecule has 0 aliphatic carbocycles. The van der Waals surface area contributed by atoms with Crippen molar-refractivity contribution in [3.05, 3.63) is 48.4 Å². The molecule has 2 aromatic carbocycles. The number of rotatable bonds is 6. The number of anilines is 1. The standard InChI is InChI=1S/C31H34FN5O4S/c1-31(2,3)41-30(38)37-19-10-11-20(37)16-36(15-19)28-24-14-33-26(25(32)27(24)34-29(35-28)42-5)23-13-21(40-17-39-4)12-18-8-6-7-9-22(18)23/h6-9,12-14,19-20H,10-11,15-17H2,1-5H3. The van der Waals surface area contributed by atoms with Crippen molar-refractivity contribution >= 4 is 45.3 Å². The summed E-state index contributed by atoms with van der Waals surface area (Å²) in [7, 11) is 1.55. The van der Waals surface area contributed by atoms with Crippen LogP contribution < -0.4 is 9.64 Å². The summed E-state index contributed by atoms with van der Waals surface area (Å²) in [6.07, 6.45) is 5.01. The van der Waals surface area contributed by atoms with Crippen LogP contribution in [0.15, 0.2) is 47.8 Å². The van der Waals surface area contributed by atoms with Crippen molar-refractivity contribution in [3.63, 3.8) is 0 Å². The minimum atomic E-state index is -0.564. The van der Waals surface area contributed by atoms with Gasteiger partial charge < -0.3 is 19.1 Å². The van der Waals surface area contributed by atoms with Gasteiger partial charge in [0.05, 0.1) is 17.5 Å². The number of thioether (sulfide) groups is 1. The Balaban J connectivity index is 1.41. The van der Waals surface area contributed by atoms with E-state index < -0.39 is 11.4 Å². The number of nitrogens with zero attached hydrogens (tertiary/aromatic N) is 5. The molecule has 2 aliphatic rings. The van der Waals surface area contributed by atoms with Gasteiger partial charge in [0.25, 0.3) is 0 Å². The minimum absolute atomic E-state index is 0.0142. The fourth-order valence-corrected chi connectivity index (χ4v) is 6.28. The maximum atomic E-state index is 16.5. The zero-order chi connectivity index (χ0) is 29.6. The van der Waals surface area contributed by atoms with E-state index in [1.807, 2.05) is 62.3 Å². The van der Waals surface area contributed by atoms with Gasteiger partial charge in [-0.2, -0.15) is 0 Å². The topological polar surface area (TPSA) is 89.9 Å². The first-order valence-electron chi connectivity index (χ1n) is 14.0. The van der Waals surface area contributed by atoms with E-state index in [0.29, 0.717) is 40.8 Å². The van der Waals surface area contributed by atoms with Crippen LogP contribution in [0.5, 0.6) is 5.75 Å². The van der Waals surface area contributed by atoms with Crippen molar-refractivity contribution < 1.29 is 23.4 Å². The number of hydrogen-bond acceptors (Lipinski definition) is 9. The van der Waals surface area contributed by atoms with Crippen LogP contribution in [0.2, 0.25) is 0 Å². The van der Waals surface area contributed by atoms with Gasteiger partial charge in [-0.15, -0.1) is 0 Å². The van der Waals surface area contributed by atoms with E-state index in [1.54, 1.807) is 19.4 Å².